The SMILES string of the molecule is CCCN(C)C[C@@H]1OCCCC[C@@H](C)Oc2ccc(NS(=O)(=O)c3ccc(F)cc3)cc2C(=O)N([C@H](C)CO)C[C@@H]1C. The van der Waals surface area contributed by atoms with Gasteiger partial charge in [-0.15, -0.1) is 0 Å². The van der Waals surface area contributed by atoms with Gasteiger partial charge in [0.2, 0.25) is 0 Å². The third-order valence-electron chi connectivity index (χ3n) is 7.52. The molecule has 0 aromatic heterocycles. The second kappa shape index (κ2) is 15.7. The Kier molecular flexibility index (Phi) is 12.6. The van der Waals surface area contributed by atoms with Gasteiger partial charge in [0.25, 0.3) is 15.9 Å². The Balaban J connectivity index is 2.00. The average molecular weight is 608 g/mol. The van der Waals surface area contributed by atoms with Crippen molar-refractivity contribution in [2.75, 3.05) is 44.6 Å². The molecule has 234 valence electrons. The van der Waals surface area contributed by atoms with Crippen molar-refractivity contribution in [3.63, 3.8) is 0 Å². The number of hydrogen-bond donors (Lipinski definition) is 2. The lowest BCUT2D eigenvalue weighted by atomic mass is 10.0. The first-order chi connectivity index (χ1) is 19.9. The van der Waals surface area contributed by atoms with E-state index in [0.29, 0.717) is 18.9 Å². The zero-order chi connectivity index (χ0) is 30.9. The van der Waals surface area contributed by atoms with Gasteiger partial charge in [-0.25, -0.2) is 12.8 Å². The third kappa shape index (κ3) is 9.39. The maximum atomic E-state index is 14.2. The molecule has 0 aliphatic carbocycles. The fourth-order valence-electron chi connectivity index (χ4n) is 5.06. The molecule has 4 atom stereocenters. The lowest BCUT2D eigenvalue weighted by molar-refractivity contribution is -0.0167. The summed E-state index contributed by atoms with van der Waals surface area (Å²) >= 11 is 0. The molecule has 0 bridgehead atoms. The van der Waals surface area contributed by atoms with Gasteiger partial charge in [0.05, 0.1) is 35.3 Å². The minimum atomic E-state index is -4.04. The molecule has 1 amide bonds. The van der Waals surface area contributed by atoms with Crippen LogP contribution in [0.3, 0.4) is 0 Å². The molecular weight excluding hydrogens is 561 g/mol. The predicted molar refractivity (Wildman–Crippen MR) is 162 cm³/mol. The van der Waals surface area contributed by atoms with Crippen molar-refractivity contribution in [2.45, 2.75) is 76.5 Å². The number of rotatable bonds is 9. The molecular formula is C31H46FN3O6S. The number of nitrogens with zero attached hydrogens (tertiary/aromatic N) is 2. The summed E-state index contributed by atoms with van der Waals surface area (Å²) in [4.78, 5) is 17.9. The maximum Gasteiger partial charge on any atom is 0.261 e. The molecule has 0 unspecified atom stereocenters. The number of sulfonamides is 1. The zero-order valence-electron chi connectivity index (χ0n) is 25.4. The van der Waals surface area contributed by atoms with E-state index in [4.69, 9.17) is 9.47 Å². The summed E-state index contributed by atoms with van der Waals surface area (Å²) in [6.45, 7) is 10.2. The van der Waals surface area contributed by atoms with E-state index >= 15 is 0 Å². The Hall–Kier alpha value is -2.73. The number of fused-ring (bicyclic) bond motifs is 1. The summed E-state index contributed by atoms with van der Waals surface area (Å²) in [5, 5.41) is 10.1. The number of amides is 1. The number of nitrogens with one attached hydrogen (secondary N) is 1. The monoisotopic (exact) mass is 607 g/mol. The molecule has 9 nitrogen and oxygen atoms in total. The number of aliphatic hydroxyl groups is 1. The molecule has 2 N–H and O–H groups in total. The van der Waals surface area contributed by atoms with Gasteiger partial charge in [0.15, 0.2) is 0 Å². The second-order valence-corrected chi connectivity index (χ2v) is 13.0. The van der Waals surface area contributed by atoms with Crippen LogP contribution in [0.25, 0.3) is 0 Å². The smallest absolute Gasteiger partial charge is 0.261 e. The summed E-state index contributed by atoms with van der Waals surface area (Å²) in [5.74, 6) is -0.638. The van der Waals surface area contributed by atoms with Gasteiger partial charge in [-0.3, -0.25) is 9.52 Å². The Labute approximate surface area is 250 Å². The largest absolute Gasteiger partial charge is 0.490 e. The fourth-order valence-corrected chi connectivity index (χ4v) is 6.11. The van der Waals surface area contributed by atoms with E-state index in [-0.39, 0.29) is 46.8 Å². The number of anilines is 1. The van der Waals surface area contributed by atoms with Crippen LogP contribution in [0.4, 0.5) is 10.1 Å². The molecule has 42 heavy (non-hydrogen) atoms. The van der Waals surface area contributed by atoms with Crippen molar-refractivity contribution < 1.29 is 32.2 Å². The molecule has 0 radical (unpaired) electrons. The molecule has 3 rings (SSSR count). The molecule has 1 aliphatic rings. The number of hydrogen-bond acceptors (Lipinski definition) is 7. The van der Waals surface area contributed by atoms with E-state index in [2.05, 4.69) is 23.6 Å². The van der Waals surface area contributed by atoms with Crippen LogP contribution in [-0.2, 0) is 14.8 Å². The summed E-state index contributed by atoms with van der Waals surface area (Å²) in [6.07, 6.45) is 3.22. The number of carbonyl (C=O) groups is 1. The number of carbonyl (C=O) groups excluding carboxylic acids is 1. The van der Waals surface area contributed by atoms with Gasteiger partial charge >= 0.3 is 0 Å². The third-order valence-corrected chi connectivity index (χ3v) is 8.92. The molecule has 11 heteroatoms. The van der Waals surface area contributed by atoms with Crippen LogP contribution in [0, 0.1) is 11.7 Å². The summed E-state index contributed by atoms with van der Waals surface area (Å²) in [5.41, 5.74) is 0.349. The minimum Gasteiger partial charge on any atom is -0.490 e. The van der Waals surface area contributed by atoms with Gasteiger partial charge in [0.1, 0.15) is 11.6 Å². The van der Waals surface area contributed by atoms with Crippen LogP contribution in [0.15, 0.2) is 47.4 Å². The Morgan fingerprint density at radius 1 is 1.17 bits per heavy atom. The number of likely N-dealkylation sites (N-methyl/N-ethyl adjacent to an activating group) is 1. The summed E-state index contributed by atoms with van der Waals surface area (Å²) in [7, 11) is -1.98. The molecule has 2 aromatic carbocycles. The first kappa shape index (κ1) is 33.8. The number of halogens is 1. The molecule has 0 fully saturated rings. The van der Waals surface area contributed by atoms with Crippen molar-refractivity contribution in [3.8, 4) is 5.75 Å². The summed E-state index contributed by atoms with van der Waals surface area (Å²) in [6, 6.07) is 8.58. The van der Waals surface area contributed by atoms with Crippen LogP contribution in [0.1, 0.15) is 63.7 Å². The Morgan fingerprint density at radius 3 is 2.55 bits per heavy atom. The highest BCUT2D eigenvalue weighted by molar-refractivity contribution is 7.92. The van der Waals surface area contributed by atoms with Crippen LogP contribution < -0.4 is 9.46 Å². The maximum absolute atomic E-state index is 14.2. The first-order valence-electron chi connectivity index (χ1n) is 14.8. The van der Waals surface area contributed by atoms with E-state index in [1.54, 1.807) is 24.0 Å². The van der Waals surface area contributed by atoms with E-state index in [0.717, 1.165) is 50.9 Å². The summed E-state index contributed by atoms with van der Waals surface area (Å²) < 4.78 is 54.5. The molecule has 0 saturated heterocycles. The van der Waals surface area contributed by atoms with Crippen molar-refractivity contribution in [1.82, 2.24) is 9.80 Å². The lowest BCUT2D eigenvalue weighted by Gasteiger charge is -2.35. The van der Waals surface area contributed by atoms with Gasteiger partial charge < -0.3 is 24.4 Å². The standard InChI is InChI=1S/C31H46FN3O6S/c1-6-16-34(5)20-30-22(2)19-35(23(3)21-36)31(37)28-18-26(33-42(38,39)27-13-10-25(32)11-14-27)12-15-29(28)41-24(4)9-7-8-17-40-30/h10-15,18,22-24,30,33,36H,6-9,16-17,19-21H2,1-5H3/t22-,23+,24+,30-/m0/s1. The number of benzene rings is 2. The van der Waals surface area contributed by atoms with Crippen molar-refractivity contribution in [3.05, 3.63) is 53.8 Å². The topological polar surface area (TPSA) is 108 Å². The minimum absolute atomic E-state index is 0.0475. The average Bonchev–Trinajstić information content (AvgIpc) is 2.94. The van der Waals surface area contributed by atoms with Crippen molar-refractivity contribution in [1.29, 1.82) is 0 Å². The Bertz CT molecular complexity index is 1260. The van der Waals surface area contributed by atoms with Crippen LogP contribution in [-0.4, -0.2) is 87.4 Å². The quantitative estimate of drug-likeness (QED) is 0.423. The molecule has 2 aromatic rings. The normalized spacial score (nSPS) is 21.8. The van der Waals surface area contributed by atoms with Gasteiger partial charge in [-0.2, -0.15) is 0 Å². The highest BCUT2D eigenvalue weighted by Gasteiger charge is 2.30. The van der Waals surface area contributed by atoms with Crippen LogP contribution in [0.2, 0.25) is 0 Å². The molecule has 0 spiro atoms. The van der Waals surface area contributed by atoms with Gasteiger partial charge in [-0.05, 0) is 95.6 Å². The number of ether oxygens (including phenoxy) is 2. The van der Waals surface area contributed by atoms with Crippen LogP contribution >= 0.6 is 0 Å². The molecule has 1 aliphatic heterocycles. The zero-order valence-corrected chi connectivity index (χ0v) is 26.2. The highest BCUT2D eigenvalue weighted by atomic mass is 32.2. The van der Waals surface area contributed by atoms with Crippen molar-refractivity contribution >= 4 is 21.6 Å². The van der Waals surface area contributed by atoms with Gasteiger partial charge in [-0.1, -0.05) is 13.8 Å². The predicted octanol–water partition coefficient (Wildman–Crippen LogP) is 4.76. The van der Waals surface area contributed by atoms with Crippen LogP contribution in [0.5, 0.6) is 5.75 Å². The second-order valence-electron chi connectivity index (χ2n) is 11.3. The Morgan fingerprint density at radius 2 is 1.88 bits per heavy atom. The van der Waals surface area contributed by atoms with Crippen molar-refractivity contribution in [2.24, 2.45) is 5.92 Å². The van der Waals surface area contributed by atoms with E-state index in [1.165, 1.54) is 18.2 Å². The first-order valence-corrected chi connectivity index (χ1v) is 16.2. The number of aliphatic hydroxyl groups excluding tert-OH is 1. The lowest BCUT2D eigenvalue weighted by Crippen LogP contribution is -2.47. The molecule has 1 heterocycles. The van der Waals surface area contributed by atoms with E-state index in [1.807, 2.05) is 13.8 Å². The van der Waals surface area contributed by atoms with E-state index < -0.39 is 21.9 Å². The van der Waals surface area contributed by atoms with E-state index in [9.17, 15) is 22.7 Å². The highest BCUT2D eigenvalue weighted by Crippen LogP contribution is 2.29. The molecule has 0 saturated carbocycles. The fraction of sp³-hybridized carbons (Fsp3) is 0.581. The van der Waals surface area contributed by atoms with Gasteiger partial charge in [0, 0.05) is 31.3 Å².